The van der Waals surface area contributed by atoms with Crippen LogP contribution in [-0.2, 0) is 0 Å². The van der Waals surface area contributed by atoms with E-state index in [-0.39, 0.29) is 17.0 Å². The van der Waals surface area contributed by atoms with Crippen LogP contribution in [0.5, 0.6) is 5.75 Å². The maximum atomic E-state index is 12.1. The first-order chi connectivity index (χ1) is 9.28. The summed E-state index contributed by atoms with van der Waals surface area (Å²) >= 11 is 5.95. The van der Waals surface area contributed by atoms with E-state index < -0.39 is 6.36 Å². The Hall–Kier alpha value is -1.76. The molecule has 0 radical (unpaired) electrons. The first-order valence-corrected chi connectivity index (χ1v) is 6.12. The zero-order valence-corrected chi connectivity index (χ0v) is 11.4. The van der Waals surface area contributed by atoms with Crippen molar-refractivity contribution in [2.24, 2.45) is 0 Å². The van der Waals surface area contributed by atoms with Crippen LogP contribution in [0, 0.1) is 0 Å². The van der Waals surface area contributed by atoms with Gasteiger partial charge in [-0.25, -0.2) is 0 Å². The van der Waals surface area contributed by atoms with Gasteiger partial charge in [0.1, 0.15) is 11.6 Å². The monoisotopic (exact) mass is 305 g/mol. The van der Waals surface area contributed by atoms with Crippen molar-refractivity contribution >= 4 is 11.6 Å². The highest BCUT2D eigenvalue weighted by Gasteiger charge is 2.31. The van der Waals surface area contributed by atoms with E-state index >= 15 is 0 Å². The molecule has 0 fully saturated rings. The van der Waals surface area contributed by atoms with Gasteiger partial charge in [-0.1, -0.05) is 13.8 Å². The highest BCUT2D eigenvalue weighted by atomic mass is 35.5. The van der Waals surface area contributed by atoms with Gasteiger partial charge in [-0.05, 0) is 35.9 Å². The SMILES string of the molecule is CC(C)c1nnc(Cl)n1-c1ccc(OC(F)(F)F)cc1. The molecule has 0 saturated carbocycles. The fraction of sp³-hybridized carbons (Fsp3) is 0.333. The van der Waals surface area contributed by atoms with Gasteiger partial charge in [0.05, 0.1) is 5.69 Å². The normalized spacial score (nSPS) is 11.9. The van der Waals surface area contributed by atoms with Crippen molar-refractivity contribution in [2.75, 3.05) is 0 Å². The van der Waals surface area contributed by atoms with Crippen LogP contribution < -0.4 is 4.74 Å². The molecule has 0 aliphatic heterocycles. The zero-order chi connectivity index (χ0) is 14.9. The van der Waals surface area contributed by atoms with Gasteiger partial charge in [0.2, 0.25) is 5.28 Å². The molecule has 0 aliphatic rings. The minimum absolute atomic E-state index is 0.0705. The second-order valence-corrected chi connectivity index (χ2v) is 4.70. The number of nitrogens with zero attached hydrogens (tertiary/aromatic N) is 3. The van der Waals surface area contributed by atoms with E-state index in [4.69, 9.17) is 11.6 Å². The van der Waals surface area contributed by atoms with Crippen LogP contribution in [0.4, 0.5) is 13.2 Å². The van der Waals surface area contributed by atoms with Gasteiger partial charge in [-0.2, -0.15) is 0 Å². The van der Waals surface area contributed by atoms with Gasteiger partial charge >= 0.3 is 6.36 Å². The summed E-state index contributed by atoms with van der Waals surface area (Å²) in [5.41, 5.74) is 0.568. The van der Waals surface area contributed by atoms with Crippen LogP contribution >= 0.6 is 11.6 Å². The number of halogens is 4. The molecule has 1 aromatic carbocycles. The zero-order valence-electron chi connectivity index (χ0n) is 10.6. The predicted molar refractivity (Wildman–Crippen MR) is 67.1 cm³/mol. The van der Waals surface area contributed by atoms with E-state index in [1.807, 2.05) is 13.8 Å². The van der Waals surface area contributed by atoms with Crippen molar-refractivity contribution in [1.82, 2.24) is 14.8 Å². The highest BCUT2D eigenvalue weighted by Crippen LogP contribution is 2.26. The topological polar surface area (TPSA) is 39.9 Å². The number of ether oxygens (including phenoxy) is 1. The Balaban J connectivity index is 2.33. The molecule has 0 N–H and O–H groups in total. The summed E-state index contributed by atoms with van der Waals surface area (Å²) < 4.78 is 41.6. The number of aromatic nitrogens is 3. The van der Waals surface area contributed by atoms with Crippen LogP contribution in [0.25, 0.3) is 5.69 Å². The van der Waals surface area contributed by atoms with E-state index in [2.05, 4.69) is 14.9 Å². The van der Waals surface area contributed by atoms with Gasteiger partial charge in [0.25, 0.3) is 0 Å². The average molecular weight is 306 g/mol. The lowest BCUT2D eigenvalue weighted by molar-refractivity contribution is -0.274. The van der Waals surface area contributed by atoms with Gasteiger partial charge < -0.3 is 4.74 Å². The van der Waals surface area contributed by atoms with Crippen LogP contribution in [0.3, 0.4) is 0 Å². The van der Waals surface area contributed by atoms with Gasteiger partial charge in [0.15, 0.2) is 0 Å². The smallest absolute Gasteiger partial charge is 0.406 e. The van der Waals surface area contributed by atoms with Gasteiger partial charge in [0, 0.05) is 5.92 Å². The van der Waals surface area contributed by atoms with Crippen molar-refractivity contribution in [2.45, 2.75) is 26.1 Å². The summed E-state index contributed by atoms with van der Waals surface area (Å²) in [6.45, 7) is 3.83. The summed E-state index contributed by atoms with van der Waals surface area (Å²) in [5.74, 6) is 0.400. The molecule has 2 rings (SSSR count). The Morgan fingerprint density at radius 3 is 2.25 bits per heavy atom. The molecular formula is C12H11ClF3N3O. The summed E-state index contributed by atoms with van der Waals surface area (Å²) in [6, 6.07) is 5.34. The fourth-order valence-electron chi connectivity index (χ4n) is 1.69. The first-order valence-electron chi connectivity index (χ1n) is 5.75. The van der Waals surface area contributed by atoms with Crippen LogP contribution in [-0.4, -0.2) is 21.1 Å². The second-order valence-electron chi connectivity index (χ2n) is 4.36. The highest BCUT2D eigenvalue weighted by molar-refractivity contribution is 6.28. The average Bonchev–Trinajstić information content (AvgIpc) is 2.70. The lowest BCUT2D eigenvalue weighted by Crippen LogP contribution is -2.17. The third kappa shape index (κ3) is 3.22. The fourth-order valence-corrected chi connectivity index (χ4v) is 1.91. The molecule has 4 nitrogen and oxygen atoms in total. The van der Waals surface area contributed by atoms with Crippen molar-refractivity contribution < 1.29 is 17.9 Å². The largest absolute Gasteiger partial charge is 0.573 e. The first kappa shape index (κ1) is 14.6. The molecule has 8 heteroatoms. The standard InChI is InChI=1S/C12H11ClF3N3O/c1-7(2)10-17-18-11(13)19(10)8-3-5-9(6-4-8)20-12(14,15)16/h3-7H,1-2H3. The Kier molecular flexibility index (Phi) is 3.89. The molecule has 0 unspecified atom stereocenters. The molecule has 108 valence electrons. The number of alkyl halides is 3. The minimum Gasteiger partial charge on any atom is -0.406 e. The maximum absolute atomic E-state index is 12.1. The number of benzene rings is 1. The predicted octanol–water partition coefficient (Wildman–Crippen LogP) is 3.94. The number of rotatable bonds is 3. The number of hydrogen-bond acceptors (Lipinski definition) is 3. The number of hydrogen-bond donors (Lipinski definition) is 0. The molecule has 0 atom stereocenters. The van der Waals surface area contributed by atoms with Crippen LogP contribution in [0.15, 0.2) is 24.3 Å². The third-order valence-corrected chi connectivity index (χ3v) is 2.74. The molecule has 0 spiro atoms. The van der Waals surface area contributed by atoms with Crippen molar-refractivity contribution in [3.63, 3.8) is 0 Å². The van der Waals surface area contributed by atoms with Crippen LogP contribution in [0.1, 0.15) is 25.6 Å². The molecule has 0 aliphatic carbocycles. The van der Waals surface area contributed by atoms with E-state index in [1.165, 1.54) is 24.3 Å². The van der Waals surface area contributed by atoms with Gasteiger partial charge in [-0.3, -0.25) is 4.57 Å². The summed E-state index contributed by atoms with van der Waals surface area (Å²) in [6.07, 6.45) is -4.71. The minimum atomic E-state index is -4.71. The van der Waals surface area contributed by atoms with E-state index in [9.17, 15) is 13.2 Å². The lowest BCUT2D eigenvalue weighted by atomic mass is 10.2. The van der Waals surface area contributed by atoms with E-state index in [0.717, 1.165) is 0 Å². The molecule has 1 heterocycles. The summed E-state index contributed by atoms with van der Waals surface area (Å²) in [4.78, 5) is 0. The maximum Gasteiger partial charge on any atom is 0.573 e. The van der Waals surface area contributed by atoms with E-state index in [1.54, 1.807) is 4.57 Å². The summed E-state index contributed by atoms with van der Waals surface area (Å²) in [5, 5.41) is 7.86. The Bertz CT molecular complexity index is 593. The Morgan fingerprint density at radius 2 is 1.75 bits per heavy atom. The third-order valence-electron chi connectivity index (χ3n) is 2.49. The van der Waals surface area contributed by atoms with Crippen molar-refractivity contribution in [3.05, 3.63) is 35.4 Å². The Morgan fingerprint density at radius 1 is 1.15 bits per heavy atom. The molecule has 0 bridgehead atoms. The van der Waals surface area contributed by atoms with E-state index in [0.29, 0.717) is 11.5 Å². The molecule has 1 aromatic heterocycles. The van der Waals surface area contributed by atoms with Gasteiger partial charge in [-0.15, -0.1) is 23.4 Å². The lowest BCUT2D eigenvalue weighted by Gasteiger charge is -2.12. The quantitative estimate of drug-likeness (QED) is 0.862. The van der Waals surface area contributed by atoms with Crippen LogP contribution in [0.2, 0.25) is 5.28 Å². The molecule has 0 saturated heterocycles. The Labute approximate surface area is 118 Å². The van der Waals surface area contributed by atoms with Crippen molar-refractivity contribution in [3.8, 4) is 11.4 Å². The molecule has 2 aromatic rings. The summed E-state index contributed by atoms with van der Waals surface area (Å²) in [7, 11) is 0. The molecular weight excluding hydrogens is 295 g/mol. The van der Waals surface area contributed by atoms with Crippen molar-refractivity contribution in [1.29, 1.82) is 0 Å². The molecule has 0 amide bonds. The molecule has 20 heavy (non-hydrogen) atoms. The second kappa shape index (κ2) is 5.32.